The van der Waals surface area contributed by atoms with Gasteiger partial charge in [0.1, 0.15) is 5.69 Å². The summed E-state index contributed by atoms with van der Waals surface area (Å²) in [4.78, 5) is 21.4. The second-order valence-electron chi connectivity index (χ2n) is 3.68. The highest BCUT2D eigenvalue weighted by Crippen LogP contribution is 2.22. The van der Waals surface area contributed by atoms with E-state index in [9.17, 15) is 4.79 Å². The Bertz CT molecular complexity index is 597. The average Bonchev–Trinajstić information content (AvgIpc) is 2.92. The van der Waals surface area contributed by atoms with Gasteiger partial charge < -0.3 is 21.0 Å². The van der Waals surface area contributed by atoms with Gasteiger partial charge in [0.15, 0.2) is 5.95 Å². The van der Waals surface area contributed by atoms with Crippen molar-refractivity contribution in [3.63, 3.8) is 0 Å². The molecule has 2 rings (SSSR count). The van der Waals surface area contributed by atoms with Crippen LogP contribution in [0.25, 0.3) is 6.08 Å². The number of H-pyrrole nitrogens is 2. The number of rotatable bonds is 4. The molecule has 0 unspecified atom stereocenters. The van der Waals surface area contributed by atoms with Crippen molar-refractivity contribution in [1.82, 2.24) is 20.3 Å². The number of amides is 1. The van der Waals surface area contributed by atoms with Crippen molar-refractivity contribution in [2.24, 2.45) is 0 Å². The molecule has 0 aliphatic rings. The molecule has 0 radical (unpaired) electrons. The van der Waals surface area contributed by atoms with Crippen molar-refractivity contribution in [1.29, 1.82) is 0 Å². The summed E-state index contributed by atoms with van der Waals surface area (Å²) in [6, 6.07) is 1.71. The third-order valence-corrected chi connectivity index (χ3v) is 4.05. The zero-order valence-electron chi connectivity index (χ0n) is 9.71. The number of hydrogen-bond acceptors (Lipinski definition) is 3. The molecule has 0 aromatic carbocycles. The Hall–Kier alpha value is -1.54. The molecule has 6 nitrogen and oxygen atoms in total. The van der Waals surface area contributed by atoms with Crippen LogP contribution in [0, 0.1) is 0 Å². The van der Waals surface area contributed by atoms with E-state index >= 15 is 0 Å². The minimum atomic E-state index is -0.180. The van der Waals surface area contributed by atoms with Crippen molar-refractivity contribution < 1.29 is 4.79 Å². The normalized spacial score (nSPS) is 11.1. The lowest BCUT2D eigenvalue weighted by Gasteiger charge is -1.98. The fraction of sp³-hybridized carbons (Fsp3) is 0.0909. The fourth-order valence-electron chi connectivity index (χ4n) is 1.40. The Balaban J connectivity index is 1.85. The van der Waals surface area contributed by atoms with Crippen LogP contribution in [-0.4, -0.2) is 27.4 Å². The summed E-state index contributed by atoms with van der Waals surface area (Å²) in [6.07, 6.45) is 5.22. The predicted octanol–water partition coefficient (Wildman–Crippen LogP) is 2.29. The van der Waals surface area contributed by atoms with Crippen molar-refractivity contribution in [2.45, 2.75) is 0 Å². The summed E-state index contributed by atoms with van der Waals surface area (Å²) in [6.45, 7) is 0.409. The predicted molar refractivity (Wildman–Crippen MR) is 80.6 cm³/mol. The SMILES string of the molecule is Nc1ncc(/C=C/C[15NH]C(=O)c2cc(Br)c(Br)[nH]2)[nH]1. The Labute approximate surface area is 126 Å². The lowest BCUT2D eigenvalue weighted by molar-refractivity contribution is 0.0953. The van der Waals surface area contributed by atoms with Crippen LogP contribution >= 0.6 is 31.9 Å². The second kappa shape index (κ2) is 6.07. The Morgan fingerprint density at radius 3 is 2.84 bits per heavy atom. The maximum atomic E-state index is 11.8. The molecule has 0 aliphatic carbocycles. The maximum Gasteiger partial charge on any atom is 0.268 e. The number of nitrogens with two attached hydrogens (primary N) is 1. The van der Waals surface area contributed by atoms with Gasteiger partial charge in [-0.3, -0.25) is 4.79 Å². The number of nitrogen functional groups attached to an aromatic ring is 1. The van der Waals surface area contributed by atoms with E-state index in [0.29, 0.717) is 18.2 Å². The molecule has 1 amide bonds. The first kappa shape index (κ1) is 13.9. The van der Waals surface area contributed by atoms with Crippen molar-refractivity contribution in [3.8, 4) is 0 Å². The molecular formula is C11H11Br2N5O. The molecule has 5 N–H and O–H groups in total. The fourth-order valence-corrected chi connectivity index (χ4v) is 2.05. The molecule has 0 spiro atoms. The molecule has 2 aromatic rings. The molecule has 19 heavy (non-hydrogen) atoms. The van der Waals surface area contributed by atoms with E-state index in [0.717, 1.165) is 14.8 Å². The first-order valence-corrected chi connectivity index (χ1v) is 6.94. The zero-order valence-corrected chi connectivity index (χ0v) is 12.9. The average molecular weight is 390 g/mol. The lowest BCUT2D eigenvalue weighted by atomic mass is 10.4. The molecule has 2 heterocycles. The van der Waals surface area contributed by atoms with Gasteiger partial charge in [-0.25, -0.2) is 4.98 Å². The number of hydrogen-bond donors (Lipinski definition) is 4. The standard InChI is InChI=1S/C11H11Br2N5O/c12-7-4-8(18-9(7)13)10(19)15-3-1-2-6-5-16-11(14)17-6/h1-2,4-5,18H,3H2,(H,15,19)(H3,14,16,17)/b2-1+/i15+1. The topological polar surface area (TPSA) is 99.6 Å². The first-order chi connectivity index (χ1) is 9.06. The molecule has 0 atom stereocenters. The second-order valence-corrected chi connectivity index (χ2v) is 5.33. The smallest absolute Gasteiger partial charge is 0.268 e. The van der Waals surface area contributed by atoms with Gasteiger partial charge in [0.25, 0.3) is 5.91 Å². The maximum absolute atomic E-state index is 11.8. The van der Waals surface area contributed by atoms with Crippen LogP contribution in [0.15, 0.2) is 27.4 Å². The van der Waals surface area contributed by atoms with Crippen LogP contribution in [0.4, 0.5) is 5.95 Å². The van der Waals surface area contributed by atoms with Gasteiger partial charge in [-0.1, -0.05) is 6.08 Å². The highest BCUT2D eigenvalue weighted by Gasteiger charge is 2.09. The van der Waals surface area contributed by atoms with Gasteiger partial charge in [-0.05, 0) is 44.0 Å². The molecule has 0 bridgehead atoms. The van der Waals surface area contributed by atoms with E-state index in [1.807, 2.05) is 0 Å². The van der Waals surface area contributed by atoms with E-state index in [1.54, 1.807) is 24.4 Å². The quantitative estimate of drug-likeness (QED) is 0.603. The molecule has 0 fully saturated rings. The Morgan fingerprint density at radius 1 is 1.47 bits per heavy atom. The van der Waals surface area contributed by atoms with Crippen molar-refractivity contribution >= 4 is 49.8 Å². The molecule has 100 valence electrons. The number of carbonyl (C=O) groups is 1. The minimum Gasteiger partial charge on any atom is -0.369 e. The summed E-state index contributed by atoms with van der Waals surface area (Å²) >= 11 is 6.58. The van der Waals surface area contributed by atoms with Gasteiger partial charge in [-0.15, -0.1) is 0 Å². The summed E-state index contributed by atoms with van der Waals surface area (Å²) in [5, 5.41) is 2.75. The van der Waals surface area contributed by atoms with Crippen molar-refractivity contribution in [3.05, 3.63) is 38.8 Å². The van der Waals surface area contributed by atoms with Gasteiger partial charge in [0, 0.05) is 6.54 Å². The Morgan fingerprint density at radius 2 is 2.26 bits per heavy atom. The number of aromatic nitrogens is 3. The Kier molecular flexibility index (Phi) is 4.43. The van der Waals surface area contributed by atoms with E-state index < -0.39 is 0 Å². The molecular weight excluding hydrogens is 379 g/mol. The van der Waals surface area contributed by atoms with Crippen LogP contribution in [0.5, 0.6) is 0 Å². The van der Waals surface area contributed by atoms with Crippen molar-refractivity contribution in [2.75, 3.05) is 12.3 Å². The summed E-state index contributed by atoms with van der Waals surface area (Å²) in [5.41, 5.74) is 6.71. The number of nitrogens with one attached hydrogen (secondary N) is 3. The number of nitrogens with zero attached hydrogens (tertiary/aromatic N) is 1. The largest absolute Gasteiger partial charge is 0.369 e. The van der Waals surface area contributed by atoms with Crippen LogP contribution in [0.3, 0.4) is 0 Å². The van der Waals surface area contributed by atoms with Crippen LogP contribution in [-0.2, 0) is 0 Å². The number of aromatic amines is 2. The van der Waals surface area contributed by atoms with Gasteiger partial charge >= 0.3 is 0 Å². The molecule has 0 aliphatic heterocycles. The third-order valence-electron chi connectivity index (χ3n) is 2.26. The molecule has 0 saturated heterocycles. The van der Waals surface area contributed by atoms with E-state index in [2.05, 4.69) is 52.1 Å². The minimum absolute atomic E-state index is 0.180. The van der Waals surface area contributed by atoms with E-state index in [-0.39, 0.29) is 5.91 Å². The summed E-state index contributed by atoms with van der Waals surface area (Å²) < 4.78 is 1.54. The monoisotopic (exact) mass is 388 g/mol. The number of anilines is 1. The third kappa shape index (κ3) is 3.71. The lowest BCUT2D eigenvalue weighted by Crippen LogP contribution is -2.23. The van der Waals surface area contributed by atoms with Gasteiger partial charge in [0.05, 0.1) is 21.0 Å². The van der Waals surface area contributed by atoms with Gasteiger partial charge in [0.2, 0.25) is 0 Å². The van der Waals surface area contributed by atoms with E-state index in [1.165, 1.54) is 0 Å². The summed E-state index contributed by atoms with van der Waals surface area (Å²) in [5.74, 6) is 0.185. The van der Waals surface area contributed by atoms with Crippen LogP contribution in [0.2, 0.25) is 0 Å². The first-order valence-electron chi connectivity index (χ1n) is 5.35. The number of carbonyl (C=O) groups excluding carboxylic acids is 1. The van der Waals surface area contributed by atoms with Crippen LogP contribution < -0.4 is 11.1 Å². The molecule has 2 aromatic heterocycles. The number of imidazole rings is 1. The highest BCUT2D eigenvalue weighted by atomic mass is 79.9. The number of halogens is 2. The summed E-state index contributed by atoms with van der Waals surface area (Å²) in [7, 11) is 0. The van der Waals surface area contributed by atoms with E-state index in [4.69, 9.17) is 5.73 Å². The molecule has 0 saturated carbocycles. The van der Waals surface area contributed by atoms with Crippen LogP contribution in [0.1, 0.15) is 16.2 Å². The zero-order chi connectivity index (χ0) is 13.8. The molecule has 8 heteroatoms. The highest BCUT2D eigenvalue weighted by molar-refractivity contribution is 9.13. The van der Waals surface area contributed by atoms with Gasteiger partial charge in [-0.2, -0.15) is 0 Å².